The summed E-state index contributed by atoms with van der Waals surface area (Å²) in [4.78, 5) is 4.41. The summed E-state index contributed by atoms with van der Waals surface area (Å²) in [6.07, 6.45) is 0. The molecule has 0 aliphatic heterocycles. The number of aromatic nitrogens is 1. The molecule has 0 fully saturated rings. The maximum absolute atomic E-state index is 9.23. The fourth-order valence-corrected chi connectivity index (χ4v) is 2.68. The Hall–Kier alpha value is -2.54. The number of hydrogen-bond donors (Lipinski definition) is 1. The van der Waals surface area contributed by atoms with Crippen LogP contribution < -0.4 is 5.73 Å². The topological polar surface area (TPSA) is 62.7 Å². The van der Waals surface area contributed by atoms with Crippen molar-refractivity contribution in [3.63, 3.8) is 0 Å². The van der Waals surface area contributed by atoms with E-state index >= 15 is 0 Å². The summed E-state index contributed by atoms with van der Waals surface area (Å²) in [6.45, 7) is 0. The lowest BCUT2D eigenvalue weighted by molar-refractivity contribution is 1.31. The van der Waals surface area contributed by atoms with Gasteiger partial charge in [0.25, 0.3) is 0 Å². The normalized spacial score (nSPS) is 10.3. The van der Waals surface area contributed by atoms with Crippen LogP contribution in [-0.2, 0) is 0 Å². The Morgan fingerprint density at radius 3 is 2.30 bits per heavy atom. The van der Waals surface area contributed by atoms with Crippen LogP contribution in [0.1, 0.15) is 5.56 Å². The van der Waals surface area contributed by atoms with Crippen LogP contribution in [0.5, 0.6) is 0 Å². The molecule has 112 valence electrons. The minimum Gasteiger partial charge on any atom is -0.383 e. The first-order valence-corrected chi connectivity index (χ1v) is 7.57. The maximum Gasteiger partial charge on any atom is 0.142 e. The number of halogens is 2. The molecule has 0 saturated heterocycles. The van der Waals surface area contributed by atoms with Gasteiger partial charge in [-0.25, -0.2) is 4.98 Å². The third-order valence-electron chi connectivity index (χ3n) is 3.46. The number of nitrogen functional groups attached to an aromatic ring is 1. The number of hydrogen-bond acceptors (Lipinski definition) is 3. The van der Waals surface area contributed by atoms with E-state index in [0.29, 0.717) is 21.3 Å². The molecule has 2 N–H and O–H groups in total. The van der Waals surface area contributed by atoms with Crippen molar-refractivity contribution in [3.8, 4) is 28.5 Å². The number of nitrogens with two attached hydrogens (primary N) is 1. The van der Waals surface area contributed by atoms with Gasteiger partial charge in [0.1, 0.15) is 11.9 Å². The van der Waals surface area contributed by atoms with Crippen LogP contribution in [0.2, 0.25) is 10.0 Å². The molecular weight excluding hydrogens is 329 g/mol. The van der Waals surface area contributed by atoms with Gasteiger partial charge in [-0.15, -0.1) is 0 Å². The van der Waals surface area contributed by atoms with E-state index in [1.165, 1.54) is 0 Å². The van der Waals surface area contributed by atoms with Gasteiger partial charge in [-0.05, 0) is 29.8 Å². The fourth-order valence-electron chi connectivity index (χ4n) is 2.33. The quantitative estimate of drug-likeness (QED) is 0.699. The second-order valence-electron chi connectivity index (χ2n) is 4.92. The smallest absolute Gasteiger partial charge is 0.142 e. The van der Waals surface area contributed by atoms with Crippen molar-refractivity contribution < 1.29 is 0 Å². The molecule has 0 unspecified atom stereocenters. The number of pyridine rings is 1. The summed E-state index contributed by atoms with van der Waals surface area (Å²) >= 11 is 12.3. The Bertz CT molecular complexity index is 913. The van der Waals surface area contributed by atoms with Gasteiger partial charge in [0.05, 0.1) is 11.3 Å². The van der Waals surface area contributed by atoms with Gasteiger partial charge in [0, 0.05) is 21.2 Å². The van der Waals surface area contributed by atoms with Crippen molar-refractivity contribution in [1.29, 1.82) is 5.26 Å². The summed E-state index contributed by atoms with van der Waals surface area (Å²) in [5.41, 5.74) is 9.27. The molecule has 3 aromatic rings. The van der Waals surface area contributed by atoms with Crippen molar-refractivity contribution >= 4 is 29.0 Å². The van der Waals surface area contributed by atoms with E-state index in [0.717, 1.165) is 16.7 Å². The lowest BCUT2D eigenvalue weighted by Crippen LogP contribution is -1.99. The highest BCUT2D eigenvalue weighted by molar-refractivity contribution is 6.33. The molecule has 0 bridgehead atoms. The molecule has 1 heterocycles. The molecule has 2 aromatic carbocycles. The molecule has 5 heteroatoms. The molecule has 3 rings (SSSR count). The first kappa shape index (κ1) is 15.4. The van der Waals surface area contributed by atoms with Crippen molar-refractivity contribution in [2.75, 3.05) is 5.73 Å². The lowest BCUT2D eigenvalue weighted by atomic mass is 9.97. The zero-order chi connectivity index (χ0) is 16.4. The summed E-state index contributed by atoms with van der Waals surface area (Å²) in [7, 11) is 0. The zero-order valence-electron chi connectivity index (χ0n) is 11.9. The highest BCUT2D eigenvalue weighted by atomic mass is 35.5. The molecule has 0 spiro atoms. The SMILES string of the molecule is N#Cc1cc(-c2ccc(Cl)cc2)c(-c2ccccc2Cl)nc1N. The molecule has 0 amide bonds. The Labute approximate surface area is 143 Å². The number of nitriles is 1. The number of benzene rings is 2. The average molecular weight is 340 g/mol. The Morgan fingerprint density at radius 1 is 0.957 bits per heavy atom. The van der Waals surface area contributed by atoms with E-state index < -0.39 is 0 Å². The van der Waals surface area contributed by atoms with Gasteiger partial charge in [-0.2, -0.15) is 5.26 Å². The fraction of sp³-hybridized carbons (Fsp3) is 0. The molecule has 3 nitrogen and oxygen atoms in total. The van der Waals surface area contributed by atoms with Crippen LogP contribution in [0, 0.1) is 11.3 Å². The highest BCUT2D eigenvalue weighted by Crippen LogP contribution is 2.36. The molecule has 0 aliphatic carbocycles. The minimum atomic E-state index is 0.181. The number of anilines is 1. The second kappa shape index (κ2) is 6.29. The van der Waals surface area contributed by atoms with E-state index in [1.54, 1.807) is 24.3 Å². The molecule has 23 heavy (non-hydrogen) atoms. The third kappa shape index (κ3) is 3.00. The second-order valence-corrected chi connectivity index (χ2v) is 5.76. The van der Waals surface area contributed by atoms with Gasteiger partial charge in [-0.3, -0.25) is 0 Å². The summed E-state index contributed by atoms with van der Waals surface area (Å²) < 4.78 is 0. The predicted octanol–water partition coefficient (Wildman–Crippen LogP) is 5.18. The standard InChI is InChI=1S/C18H11Cl2N3/c19-13-7-5-11(6-8-13)15-9-12(10-21)18(22)23-17(15)14-3-1-2-4-16(14)20/h1-9H,(H2,22,23). The Kier molecular flexibility index (Phi) is 4.20. The van der Waals surface area contributed by atoms with Gasteiger partial charge in [0.15, 0.2) is 0 Å². The van der Waals surface area contributed by atoms with E-state index in [1.807, 2.05) is 30.3 Å². The van der Waals surface area contributed by atoms with Crippen molar-refractivity contribution in [2.45, 2.75) is 0 Å². The summed E-state index contributed by atoms with van der Waals surface area (Å²) in [6, 6.07) is 18.5. The van der Waals surface area contributed by atoms with Crippen LogP contribution >= 0.6 is 23.2 Å². The molecule has 0 radical (unpaired) electrons. The Balaban J connectivity index is 2.31. The van der Waals surface area contributed by atoms with Crippen molar-refractivity contribution in [1.82, 2.24) is 4.98 Å². The van der Waals surface area contributed by atoms with Crippen LogP contribution in [0.4, 0.5) is 5.82 Å². The number of rotatable bonds is 2. The number of nitrogens with zero attached hydrogens (tertiary/aromatic N) is 2. The first-order valence-electron chi connectivity index (χ1n) is 6.81. The Morgan fingerprint density at radius 2 is 1.65 bits per heavy atom. The van der Waals surface area contributed by atoms with Crippen molar-refractivity contribution in [2.24, 2.45) is 0 Å². The zero-order valence-corrected chi connectivity index (χ0v) is 13.4. The van der Waals surface area contributed by atoms with Gasteiger partial charge >= 0.3 is 0 Å². The highest BCUT2D eigenvalue weighted by Gasteiger charge is 2.15. The van der Waals surface area contributed by atoms with Crippen LogP contribution in [0.15, 0.2) is 54.6 Å². The lowest BCUT2D eigenvalue weighted by Gasteiger charge is -2.12. The van der Waals surface area contributed by atoms with Crippen LogP contribution in [0.3, 0.4) is 0 Å². The maximum atomic E-state index is 9.23. The van der Waals surface area contributed by atoms with E-state index in [2.05, 4.69) is 11.1 Å². The van der Waals surface area contributed by atoms with E-state index in [4.69, 9.17) is 28.9 Å². The van der Waals surface area contributed by atoms with E-state index in [-0.39, 0.29) is 5.82 Å². The van der Waals surface area contributed by atoms with Crippen LogP contribution in [-0.4, -0.2) is 4.98 Å². The third-order valence-corrected chi connectivity index (χ3v) is 4.04. The van der Waals surface area contributed by atoms with E-state index in [9.17, 15) is 5.26 Å². The molecular formula is C18H11Cl2N3. The van der Waals surface area contributed by atoms with Gasteiger partial charge in [-0.1, -0.05) is 53.5 Å². The van der Waals surface area contributed by atoms with Crippen molar-refractivity contribution in [3.05, 3.63) is 70.2 Å². The van der Waals surface area contributed by atoms with Gasteiger partial charge in [0.2, 0.25) is 0 Å². The molecule has 1 aromatic heterocycles. The molecule has 0 atom stereocenters. The average Bonchev–Trinajstić information content (AvgIpc) is 2.56. The largest absolute Gasteiger partial charge is 0.383 e. The predicted molar refractivity (Wildman–Crippen MR) is 94.3 cm³/mol. The summed E-state index contributed by atoms with van der Waals surface area (Å²) in [5.74, 6) is 0.181. The minimum absolute atomic E-state index is 0.181. The van der Waals surface area contributed by atoms with Crippen LogP contribution in [0.25, 0.3) is 22.4 Å². The first-order chi connectivity index (χ1) is 11.1. The summed E-state index contributed by atoms with van der Waals surface area (Å²) in [5, 5.41) is 10.4. The molecule has 0 aliphatic rings. The molecule has 0 saturated carbocycles. The van der Waals surface area contributed by atoms with Gasteiger partial charge < -0.3 is 5.73 Å². The monoisotopic (exact) mass is 339 g/mol.